The van der Waals surface area contributed by atoms with Crippen LogP contribution in [0.25, 0.3) is 0 Å². The van der Waals surface area contributed by atoms with Gasteiger partial charge in [0.05, 0.1) is 6.10 Å². The summed E-state index contributed by atoms with van der Waals surface area (Å²) in [5.74, 6) is 1.58. The van der Waals surface area contributed by atoms with E-state index in [1.54, 1.807) is 7.11 Å². The lowest BCUT2D eigenvalue weighted by atomic mass is 9.79. The van der Waals surface area contributed by atoms with Gasteiger partial charge in [0, 0.05) is 12.8 Å². The lowest BCUT2D eigenvalue weighted by Gasteiger charge is -2.36. The third kappa shape index (κ3) is 4.17. The van der Waals surface area contributed by atoms with Crippen molar-refractivity contribution in [1.29, 1.82) is 0 Å². The highest BCUT2D eigenvalue weighted by atomic mass is 16.5. The smallest absolute Gasteiger partial charge is 0.256 e. The van der Waals surface area contributed by atoms with Crippen LogP contribution in [0.15, 0.2) is 18.2 Å². The monoisotopic (exact) mass is 345 g/mol. The summed E-state index contributed by atoms with van der Waals surface area (Å²) in [4.78, 5) is 12.8. The van der Waals surface area contributed by atoms with E-state index in [-0.39, 0.29) is 5.91 Å². The summed E-state index contributed by atoms with van der Waals surface area (Å²) in [6.07, 6.45) is 8.81. The molecular weight excluding hydrogens is 314 g/mol. The van der Waals surface area contributed by atoms with Gasteiger partial charge < -0.3 is 14.8 Å². The average molecular weight is 345 g/mol. The molecule has 2 saturated carbocycles. The number of carbonyl (C=O) groups is 1. The van der Waals surface area contributed by atoms with E-state index in [4.69, 9.17) is 9.47 Å². The van der Waals surface area contributed by atoms with Crippen LogP contribution in [0.1, 0.15) is 63.9 Å². The van der Waals surface area contributed by atoms with Gasteiger partial charge in [0.15, 0.2) is 0 Å². The Hall–Kier alpha value is -1.55. The predicted molar refractivity (Wildman–Crippen MR) is 100 cm³/mol. The molecule has 1 aromatic rings. The van der Waals surface area contributed by atoms with Crippen LogP contribution in [0.4, 0.5) is 5.69 Å². The molecule has 2 fully saturated rings. The maximum Gasteiger partial charge on any atom is 0.256 e. The van der Waals surface area contributed by atoms with E-state index in [2.05, 4.69) is 12.2 Å². The number of nitrogens with one attached hydrogen (secondary N) is 1. The summed E-state index contributed by atoms with van der Waals surface area (Å²) < 4.78 is 11.8. The Morgan fingerprint density at radius 1 is 1.16 bits per heavy atom. The van der Waals surface area contributed by atoms with Crippen molar-refractivity contribution in [3.63, 3.8) is 0 Å². The van der Waals surface area contributed by atoms with E-state index in [1.807, 2.05) is 25.1 Å². The van der Waals surface area contributed by atoms with E-state index in [0.29, 0.717) is 12.0 Å². The van der Waals surface area contributed by atoms with Crippen molar-refractivity contribution in [2.24, 2.45) is 5.92 Å². The van der Waals surface area contributed by atoms with Crippen molar-refractivity contribution in [2.45, 2.75) is 76.9 Å². The topological polar surface area (TPSA) is 47.6 Å². The summed E-state index contributed by atoms with van der Waals surface area (Å²) in [6, 6.07) is 5.91. The van der Waals surface area contributed by atoms with Crippen molar-refractivity contribution in [2.75, 3.05) is 12.4 Å². The first-order valence-electron chi connectivity index (χ1n) is 9.66. The highest BCUT2D eigenvalue weighted by Crippen LogP contribution is 2.36. The molecule has 1 N–H and O–H groups in total. The van der Waals surface area contributed by atoms with Gasteiger partial charge in [-0.2, -0.15) is 0 Å². The van der Waals surface area contributed by atoms with E-state index < -0.39 is 5.60 Å². The number of hydrogen-bond acceptors (Lipinski definition) is 3. The minimum Gasteiger partial charge on any atom is -0.490 e. The second-order valence-corrected chi connectivity index (χ2v) is 7.84. The molecule has 1 amide bonds. The molecule has 0 bridgehead atoms. The molecule has 0 spiro atoms. The average Bonchev–Trinajstić information content (AvgIpc) is 3.11. The Morgan fingerprint density at radius 2 is 1.84 bits per heavy atom. The molecule has 0 aromatic heterocycles. The Kier molecular flexibility index (Phi) is 5.67. The zero-order chi connectivity index (χ0) is 17.9. The number of carbonyl (C=O) groups excluding carboxylic acids is 1. The number of aryl methyl sites for hydroxylation is 1. The normalized spacial score (nSPS) is 27.2. The summed E-state index contributed by atoms with van der Waals surface area (Å²) >= 11 is 0. The molecule has 0 atom stereocenters. The van der Waals surface area contributed by atoms with Gasteiger partial charge in [-0.15, -0.1) is 0 Å². The van der Waals surface area contributed by atoms with E-state index in [9.17, 15) is 4.79 Å². The number of methoxy groups -OCH3 is 1. The van der Waals surface area contributed by atoms with Gasteiger partial charge in [0.25, 0.3) is 5.91 Å². The lowest BCUT2D eigenvalue weighted by Crippen LogP contribution is -2.47. The fourth-order valence-electron chi connectivity index (χ4n) is 4.04. The maximum absolute atomic E-state index is 12.8. The first kappa shape index (κ1) is 18.2. The van der Waals surface area contributed by atoms with Crippen molar-refractivity contribution < 1.29 is 14.3 Å². The van der Waals surface area contributed by atoms with Crippen LogP contribution >= 0.6 is 0 Å². The standard InChI is InChI=1S/C21H31NO3/c1-15-10-12-21(24-3,13-11-15)20(23)22-17-8-9-19(16(2)14-17)25-18-6-4-5-7-18/h8-9,14-15,18H,4-7,10-13H2,1-3H3,(H,22,23). The van der Waals surface area contributed by atoms with E-state index in [0.717, 1.165) is 55.5 Å². The first-order chi connectivity index (χ1) is 12.0. The quantitative estimate of drug-likeness (QED) is 0.830. The molecule has 0 radical (unpaired) electrons. The fourth-order valence-corrected chi connectivity index (χ4v) is 4.04. The molecule has 0 unspecified atom stereocenters. The molecule has 0 saturated heterocycles. The van der Waals surface area contributed by atoms with Crippen molar-refractivity contribution in [3.8, 4) is 5.75 Å². The third-order valence-electron chi connectivity index (χ3n) is 5.92. The summed E-state index contributed by atoms with van der Waals surface area (Å²) in [5.41, 5.74) is 1.20. The number of anilines is 1. The number of rotatable bonds is 5. The van der Waals surface area contributed by atoms with Gasteiger partial charge in [-0.1, -0.05) is 6.92 Å². The summed E-state index contributed by atoms with van der Waals surface area (Å²) in [5, 5.41) is 3.06. The molecule has 0 aliphatic heterocycles. The Bertz CT molecular complexity index is 599. The minimum atomic E-state index is -0.681. The number of hydrogen-bond donors (Lipinski definition) is 1. The molecule has 25 heavy (non-hydrogen) atoms. The highest BCUT2D eigenvalue weighted by molar-refractivity contribution is 5.97. The van der Waals surface area contributed by atoms with E-state index in [1.165, 1.54) is 12.8 Å². The molecule has 4 nitrogen and oxygen atoms in total. The molecule has 1 aromatic carbocycles. The molecule has 2 aliphatic carbocycles. The summed E-state index contributed by atoms with van der Waals surface area (Å²) in [7, 11) is 1.65. The maximum atomic E-state index is 12.8. The van der Waals surface area contributed by atoms with Crippen molar-refractivity contribution in [3.05, 3.63) is 23.8 Å². The first-order valence-corrected chi connectivity index (χ1v) is 9.66. The van der Waals surface area contributed by atoms with Crippen LogP contribution in [0.2, 0.25) is 0 Å². The SMILES string of the molecule is COC1(C(=O)Nc2ccc(OC3CCCC3)c(C)c2)CCC(C)CC1. The minimum absolute atomic E-state index is 0.0224. The van der Waals surface area contributed by atoms with Gasteiger partial charge in [-0.05, 0) is 88.0 Å². The second-order valence-electron chi connectivity index (χ2n) is 7.84. The second kappa shape index (κ2) is 7.77. The van der Waals surface area contributed by atoms with Gasteiger partial charge in [-0.3, -0.25) is 4.79 Å². The number of ether oxygens (including phenoxy) is 2. The Morgan fingerprint density at radius 3 is 2.44 bits per heavy atom. The van der Waals surface area contributed by atoms with Crippen LogP contribution in [0.3, 0.4) is 0 Å². The molecule has 0 heterocycles. The third-order valence-corrected chi connectivity index (χ3v) is 5.92. The van der Waals surface area contributed by atoms with Crippen LogP contribution in [-0.4, -0.2) is 24.7 Å². The number of benzene rings is 1. The van der Waals surface area contributed by atoms with Crippen LogP contribution in [0, 0.1) is 12.8 Å². The number of amides is 1. The van der Waals surface area contributed by atoms with Gasteiger partial charge in [0.1, 0.15) is 11.4 Å². The van der Waals surface area contributed by atoms with Crippen LogP contribution < -0.4 is 10.1 Å². The predicted octanol–water partition coefficient (Wildman–Crippen LogP) is 4.85. The van der Waals surface area contributed by atoms with E-state index >= 15 is 0 Å². The molecule has 2 aliphatic rings. The molecule has 4 heteroatoms. The largest absolute Gasteiger partial charge is 0.490 e. The zero-order valence-corrected chi connectivity index (χ0v) is 15.8. The Balaban J connectivity index is 1.65. The van der Waals surface area contributed by atoms with Crippen LogP contribution in [-0.2, 0) is 9.53 Å². The van der Waals surface area contributed by atoms with Crippen LogP contribution in [0.5, 0.6) is 5.75 Å². The van der Waals surface area contributed by atoms with Gasteiger partial charge in [-0.25, -0.2) is 0 Å². The molecule has 3 rings (SSSR count). The molecular formula is C21H31NO3. The molecule has 138 valence electrons. The zero-order valence-electron chi connectivity index (χ0n) is 15.8. The summed E-state index contributed by atoms with van der Waals surface area (Å²) in [6.45, 7) is 4.28. The van der Waals surface area contributed by atoms with Crippen molar-refractivity contribution >= 4 is 11.6 Å². The van der Waals surface area contributed by atoms with Gasteiger partial charge >= 0.3 is 0 Å². The fraction of sp³-hybridized carbons (Fsp3) is 0.667. The Labute approximate surface area is 151 Å². The van der Waals surface area contributed by atoms with Gasteiger partial charge in [0.2, 0.25) is 0 Å². The van der Waals surface area contributed by atoms with Crippen molar-refractivity contribution in [1.82, 2.24) is 0 Å². The lowest BCUT2D eigenvalue weighted by molar-refractivity contribution is -0.142. The highest BCUT2D eigenvalue weighted by Gasteiger charge is 2.41.